The van der Waals surface area contributed by atoms with Crippen molar-refractivity contribution in [3.05, 3.63) is 35.9 Å². The third-order valence-electron chi connectivity index (χ3n) is 4.27. The summed E-state index contributed by atoms with van der Waals surface area (Å²) >= 11 is 0. The second kappa shape index (κ2) is 6.96. The van der Waals surface area contributed by atoms with Gasteiger partial charge in [0.2, 0.25) is 0 Å². The molecule has 2 rings (SSSR count). The van der Waals surface area contributed by atoms with Crippen LogP contribution in [-0.2, 0) is 4.74 Å². The van der Waals surface area contributed by atoms with Gasteiger partial charge < -0.3 is 9.64 Å². The fraction of sp³-hybridized carbons (Fsp3) is 0.600. The molecule has 0 aromatic heterocycles. The zero-order valence-electron chi connectivity index (χ0n) is 15.8. The molecule has 0 aliphatic carbocycles. The van der Waals surface area contributed by atoms with E-state index in [9.17, 15) is 4.79 Å². The number of hydrogen-bond donors (Lipinski definition) is 0. The number of nitrogens with zero attached hydrogens (tertiary/aromatic N) is 2. The molecule has 4 heteroatoms. The zero-order chi connectivity index (χ0) is 18.0. The highest BCUT2D eigenvalue weighted by Gasteiger charge is 2.36. The number of amides is 1. The van der Waals surface area contributed by atoms with Gasteiger partial charge in [-0.2, -0.15) is 0 Å². The standard InChI is InChI=1S/C20H30N2O2/c1-15(16-10-8-7-9-11-16)21-17-12-13-22(14-20(17,5)6)18(23)24-19(2,3)4/h7-11,15H,12-14H2,1-6H3/b21-17+/t15-/m0/s1. The minimum absolute atomic E-state index is 0.133. The second-order valence-corrected chi connectivity index (χ2v) is 8.20. The number of aliphatic imine (C=N–C) groups is 1. The smallest absolute Gasteiger partial charge is 0.410 e. The molecule has 1 aliphatic heterocycles. The number of benzene rings is 1. The molecule has 4 nitrogen and oxygen atoms in total. The third-order valence-corrected chi connectivity index (χ3v) is 4.27. The molecule has 132 valence electrons. The van der Waals surface area contributed by atoms with E-state index >= 15 is 0 Å². The fourth-order valence-corrected chi connectivity index (χ4v) is 2.99. The number of likely N-dealkylation sites (tertiary alicyclic amines) is 1. The van der Waals surface area contributed by atoms with Crippen LogP contribution in [0.5, 0.6) is 0 Å². The van der Waals surface area contributed by atoms with E-state index in [1.165, 1.54) is 11.3 Å². The van der Waals surface area contributed by atoms with Crippen LogP contribution in [0.25, 0.3) is 0 Å². The highest BCUT2D eigenvalue weighted by atomic mass is 16.6. The average Bonchev–Trinajstić information content (AvgIpc) is 2.48. The number of piperidine rings is 1. The van der Waals surface area contributed by atoms with Gasteiger partial charge in [-0.15, -0.1) is 0 Å². The maximum absolute atomic E-state index is 12.3. The molecule has 1 fully saturated rings. The SMILES string of the molecule is C[C@H](/N=C1\CCN(C(=O)OC(C)(C)C)CC1(C)C)c1ccccc1. The lowest BCUT2D eigenvalue weighted by Crippen LogP contribution is -2.50. The van der Waals surface area contributed by atoms with Crippen LogP contribution in [0.2, 0.25) is 0 Å². The van der Waals surface area contributed by atoms with E-state index < -0.39 is 5.60 Å². The molecule has 1 amide bonds. The summed E-state index contributed by atoms with van der Waals surface area (Å²) in [5.74, 6) is 0. The van der Waals surface area contributed by atoms with E-state index in [4.69, 9.17) is 9.73 Å². The van der Waals surface area contributed by atoms with Crippen molar-refractivity contribution in [3.63, 3.8) is 0 Å². The highest BCUT2D eigenvalue weighted by molar-refractivity contribution is 5.92. The number of carbonyl (C=O) groups is 1. The quantitative estimate of drug-likeness (QED) is 0.777. The summed E-state index contributed by atoms with van der Waals surface area (Å²) in [5, 5.41) is 0. The Morgan fingerprint density at radius 1 is 1.25 bits per heavy atom. The van der Waals surface area contributed by atoms with Crippen molar-refractivity contribution >= 4 is 11.8 Å². The number of ether oxygens (including phenoxy) is 1. The Labute approximate surface area is 145 Å². The van der Waals surface area contributed by atoms with E-state index in [1.54, 1.807) is 4.90 Å². The van der Waals surface area contributed by atoms with Gasteiger partial charge in [0.15, 0.2) is 0 Å². The molecule has 0 spiro atoms. The van der Waals surface area contributed by atoms with Crippen LogP contribution in [0.1, 0.15) is 59.6 Å². The molecule has 1 atom stereocenters. The van der Waals surface area contributed by atoms with Crippen LogP contribution < -0.4 is 0 Å². The van der Waals surface area contributed by atoms with E-state index in [0.717, 1.165) is 6.42 Å². The molecule has 1 aromatic rings. The van der Waals surface area contributed by atoms with Crippen LogP contribution in [0.15, 0.2) is 35.3 Å². The predicted octanol–water partition coefficient (Wildman–Crippen LogP) is 4.86. The zero-order valence-corrected chi connectivity index (χ0v) is 15.8. The molecular weight excluding hydrogens is 300 g/mol. The average molecular weight is 330 g/mol. The molecule has 0 N–H and O–H groups in total. The van der Waals surface area contributed by atoms with Crippen LogP contribution in [-0.4, -0.2) is 35.4 Å². The minimum atomic E-state index is -0.461. The monoisotopic (exact) mass is 330 g/mol. The molecule has 0 unspecified atom stereocenters. The van der Waals surface area contributed by atoms with Crippen LogP contribution in [0.4, 0.5) is 4.79 Å². The Hall–Kier alpha value is -1.84. The molecule has 0 bridgehead atoms. The Morgan fingerprint density at radius 2 is 1.88 bits per heavy atom. The molecule has 1 heterocycles. The van der Waals surface area contributed by atoms with Gasteiger partial charge in [-0.05, 0) is 33.3 Å². The number of hydrogen-bond acceptors (Lipinski definition) is 3. The lowest BCUT2D eigenvalue weighted by molar-refractivity contribution is 0.0192. The van der Waals surface area contributed by atoms with Crippen molar-refractivity contribution in [1.82, 2.24) is 4.90 Å². The normalized spacial score (nSPS) is 20.8. The summed E-state index contributed by atoms with van der Waals surface area (Å²) in [6.45, 7) is 13.4. The Balaban J connectivity index is 2.08. The maximum atomic E-state index is 12.3. The highest BCUT2D eigenvalue weighted by Crippen LogP contribution is 2.30. The largest absolute Gasteiger partial charge is 0.444 e. The first kappa shape index (κ1) is 18.5. The summed E-state index contributed by atoms with van der Waals surface area (Å²) in [4.78, 5) is 19.1. The van der Waals surface area contributed by atoms with Gasteiger partial charge in [0, 0.05) is 30.6 Å². The van der Waals surface area contributed by atoms with E-state index in [0.29, 0.717) is 13.1 Å². The lowest BCUT2D eigenvalue weighted by atomic mass is 9.81. The van der Waals surface area contributed by atoms with Gasteiger partial charge >= 0.3 is 6.09 Å². The van der Waals surface area contributed by atoms with E-state index in [1.807, 2.05) is 39.0 Å². The summed E-state index contributed by atoms with van der Waals surface area (Å²) < 4.78 is 5.50. The Kier molecular flexibility index (Phi) is 5.36. The minimum Gasteiger partial charge on any atom is -0.444 e. The first-order chi connectivity index (χ1) is 11.1. The maximum Gasteiger partial charge on any atom is 0.410 e. The fourth-order valence-electron chi connectivity index (χ4n) is 2.99. The van der Waals surface area contributed by atoms with E-state index in [2.05, 4.69) is 32.9 Å². The van der Waals surface area contributed by atoms with Gasteiger partial charge in [-0.25, -0.2) is 4.79 Å². The predicted molar refractivity (Wildman–Crippen MR) is 98.5 cm³/mol. The molecule has 0 radical (unpaired) electrons. The lowest BCUT2D eigenvalue weighted by Gasteiger charge is -2.40. The third kappa shape index (κ3) is 4.83. The van der Waals surface area contributed by atoms with Crippen molar-refractivity contribution in [1.29, 1.82) is 0 Å². The van der Waals surface area contributed by atoms with Crippen LogP contribution >= 0.6 is 0 Å². The molecule has 24 heavy (non-hydrogen) atoms. The van der Waals surface area contributed by atoms with Crippen molar-refractivity contribution in [2.45, 2.75) is 59.6 Å². The number of rotatable bonds is 2. The molecule has 1 saturated heterocycles. The molecule has 0 saturated carbocycles. The summed E-state index contributed by atoms with van der Waals surface area (Å²) in [6.07, 6.45) is 0.564. The van der Waals surface area contributed by atoms with Crippen molar-refractivity contribution in [2.24, 2.45) is 10.4 Å². The summed E-state index contributed by atoms with van der Waals surface area (Å²) in [5.41, 5.74) is 1.80. The van der Waals surface area contributed by atoms with Gasteiger partial charge in [0.1, 0.15) is 5.60 Å². The number of carbonyl (C=O) groups excluding carboxylic acids is 1. The van der Waals surface area contributed by atoms with Gasteiger partial charge in [-0.3, -0.25) is 4.99 Å². The Morgan fingerprint density at radius 3 is 2.42 bits per heavy atom. The molecule has 1 aliphatic rings. The first-order valence-electron chi connectivity index (χ1n) is 8.68. The van der Waals surface area contributed by atoms with Crippen molar-refractivity contribution in [2.75, 3.05) is 13.1 Å². The summed E-state index contributed by atoms with van der Waals surface area (Å²) in [7, 11) is 0. The van der Waals surface area contributed by atoms with Crippen LogP contribution in [0.3, 0.4) is 0 Å². The second-order valence-electron chi connectivity index (χ2n) is 8.20. The topological polar surface area (TPSA) is 41.9 Å². The van der Waals surface area contributed by atoms with Crippen molar-refractivity contribution < 1.29 is 9.53 Å². The first-order valence-corrected chi connectivity index (χ1v) is 8.68. The summed E-state index contributed by atoms with van der Waals surface area (Å²) in [6, 6.07) is 10.5. The van der Waals surface area contributed by atoms with Crippen molar-refractivity contribution in [3.8, 4) is 0 Å². The molecule has 1 aromatic carbocycles. The molecular formula is C20H30N2O2. The Bertz CT molecular complexity index is 600. The van der Waals surface area contributed by atoms with Gasteiger partial charge in [0.05, 0.1) is 6.04 Å². The van der Waals surface area contributed by atoms with Gasteiger partial charge in [0.25, 0.3) is 0 Å². The van der Waals surface area contributed by atoms with E-state index in [-0.39, 0.29) is 17.6 Å². The van der Waals surface area contributed by atoms with Gasteiger partial charge in [-0.1, -0.05) is 44.2 Å². The van der Waals surface area contributed by atoms with Crippen LogP contribution in [0, 0.1) is 5.41 Å².